The molecular formula is C13H16FN3. The van der Waals surface area contributed by atoms with Crippen LogP contribution in [0.3, 0.4) is 0 Å². The summed E-state index contributed by atoms with van der Waals surface area (Å²) >= 11 is 0. The van der Waals surface area contributed by atoms with Crippen LogP contribution in [0.25, 0.3) is 0 Å². The van der Waals surface area contributed by atoms with Crippen molar-refractivity contribution in [3.8, 4) is 0 Å². The van der Waals surface area contributed by atoms with Crippen molar-refractivity contribution in [1.29, 1.82) is 0 Å². The fraction of sp³-hybridized carbons (Fsp3) is 0.308. The van der Waals surface area contributed by atoms with Crippen LogP contribution in [0.5, 0.6) is 0 Å². The highest BCUT2D eigenvalue weighted by Crippen LogP contribution is 2.10. The van der Waals surface area contributed by atoms with Gasteiger partial charge in [-0.3, -0.25) is 0 Å². The van der Waals surface area contributed by atoms with Gasteiger partial charge in [-0.2, -0.15) is 9.49 Å². The van der Waals surface area contributed by atoms with Gasteiger partial charge in [-0.1, -0.05) is 30.3 Å². The second-order valence-electron chi connectivity index (χ2n) is 4.07. The van der Waals surface area contributed by atoms with Crippen molar-refractivity contribution >= 4 is 0 Å². The number of aryl methyl sites for hydroxylation is 2. The molecule has 4 heteroatoms. The molecule has 0 fully saturated rings. The molecule has 0 bridgehead atoms. The second-order valence-corrected chi connectivity index (χ2v) is 4.07. The summed E-state index contributed by atoms with van der Waals surface area (Å²) in [6.45, 7) is 3.05. The molecule has 1 N–H and O–H groups in total. The minimum absolute atomic E-state index is 0.261. The maximum Gasteiger partial charge on any atom is 0.215 e. The van der Waals surface area contributed by atoms with Crippen molar-refractivity contribution in [2.45, 2.75) is 20.0 Å². The van der Waals surface area contributed by atoms with E-state index in [1.807, 2.05) is 37.3 Å². The van der Waals surface area contributed by atoms with E-state index in [4.69, 9.17) is 0 Å². The van der Waals surface area contributed by atoms with Gasteiger partial charge in [-0.05, 0) is 12.5 Å². The molecule has 0 aliphatic carbocycles. The van der Waals surface area contributed by atoms with Crippen LogP contribution in [0, 0.1) is 12.9 Å². The Morgan fingerprint density at radius 2 is 1.94 bits per heavy atom. The predicted molar refractivity (Wildman–Crippen MR) is 64.9 cm³/mol. The van der Waals surface area contributed by atoms with Gasteiger partial charge >= 0.3 is 0 Å². The number of hydrogen-bond donors (Lipinski definition) is 1. The first-order valence-electron chi connectivity index (χ1n) is 5.61. The van der Waals surface area contributed by atoms with E-state index in [0.29, 0.717) is 12.1 Å². The molecule has 0 saturated heterocycles. The third kappa shape index (κ3) is 2.71. The predicted octanol–water partition coefficient (Wildman–Crippen LogP) is 2.16. The molecule has 0 unspecified atom stereocenters. The van der Waals surface area contributed by atoms with Crippen LogP contribution in [0.4, 0.5) is 4.39 Å². The summed E-state index contributed by atoms with van der Waals surface area (Å²) in [6, 6.07) is 10.0. The zero-order valence-electron chi connectivity index (χ0n) is 10.1. The van der Waals surface area contributed by atoms with Crippen LogP contribution < -0.4 is 5.32 Å². The fourth-order valence-electron chi connectivity index (χ4n) is 1.80. The van der Waals surface area contributed by atoms with E-state index in [9.17, 15) is 4.39 Å². The van der Waals surface area contributed by atoms with Crippen LogP contribution in [0.2, 0.25) is 0 Å². The van der Waals surface area contributed by atoms with Crippen molar-refractivity contribution in [1.82, 2.24) is 15.1 Å². The van der Waals surface area contributed by atoms with Gasteiger partial charge in [0.25, 0.3) is 0 Å². The normalized spacial score (nSPS) is 10.8. The number of halogens is 1. The van der Waals surface area contributed by atoms with E-state index >= 15 is 0 Å². The van der Waals surface area contributed by atoms with Crippen LogP contribution in [0.1, 0.15) is 16.8 Å². The van der Waals surface area contributed by atoms with E-state index in [2.05, 4.69) is 10.4 Å². The third-order valence-corrected chi connectivity index (χ3v) is 2.74. The topological polar surface area (TPSA) is 29.9 Å². The highest BCUT2D eigenvalue weighted by atomic mass is 19.1. The van der Waals surface area contributed by atoms with E-state index < -0.39 is 0 Å². The summed E-state index contributed by atoms with van der Waals surface area (Å²) in [6.07, 6.45) is 0. The van der Waals surface area contributed by atoms with Crippen LogP contribution >= 0.6 is 0 Å². The van der Waals surface area contributed by atoms with Crippen molar-refractivity contribution in [2.75, 3.05) is 0 Å². The lowest BCUT2D eigenvalue weighted by Crippen LogP contribution is -2.14. The maximum absolute atomic E-state index is 13.6. The number of nitrogens with zero attached hydrogens (tertiary/aromatic N) is 2. The largest absolute Gasteiger partial charge is 0.308 e. The first-order valence-corrected chi connectivity index (χ1v) is 5.61. The summed E-state index contributed by atoms with van der Waals surface area (Å²) in [5, 5.41) is 7.26. The molecule has 2 rings (SSSR count). The molecule has 0 spiro atoms. The lowest BCUT2D eigenvalue weighted by Gasteiger charge is -2.04. The van der Waals surface area contributed by atoms with Gasteiger partial charge in [0.15, 0.2) is 0 Å². The summed E-state index contributed by atoms with van der Waals surface area (Å²) in [5.74, 6) is -0.261. The van der Waals surface area contributed by atoms with Gasteiger partial charge in [-0.25, -0.2) is 4.68 Å². The van der Waals surface area contributed by atoms with Crippen LogP contribution in [0.15, 0.2) is 30.3 Å². The number of benzene rings is 1. The first kappa shape index (κ1) is 11.8. The van der Waals surface area contributed by atoms with E-state index in [0.717, 1.165) is 12.2 Å². The van der Waals surface area contributed by atoms with Gasteiger partial charge < -0.3 is 5.32 Å². The first-order chi connectivity index (χ1) is 8.18. The third-order valence-electron chi connectivity index (χ3n) is 2.74. The molecule has 0 aliphatic heterocycles. The molecule has 0 amide bonds. The monoisotopic (exact) mass is 233 g/mol. The van der Waals surface area contributed by atoms with Crippen LogP contribution in [-0.2, 0) is 20.1 Å². The molecule has 0 saturated carbocycles. The summed E-state index contributed by atoms with van der Waals surface area (Å²) in [4.78, 5) is 0. The molecule has 0 radical (unpaired) electrons. The summed E-state index contributed by atoms with van der Waals surface area (Å²) < 4.78 is 14.9. The van der Waals surface area contributed by atoms with E-state index in [1.165, 1.54) is 10.2 Å². The Kier molecular flexibility index (Phi) is 3.54. The average Bonchev–Trinajstić information content (AvgIpc) is 2.57. The maximum atomic E-state index is 13.6. The van der Waals surface area contributed by atoms with E-state index in [-0.39, 0.29) is 5.95 Å². The lowest BCUT2D eigenvalue weighted by molar-refractivity contribution is 0.489. The van der Waals surface area contributed by atoms with Crippen molar-refractivity contribution in [3.05, 3.63) is 53.1 Å². The molecule has 0 aliphatic rings. The SMILES string of the molecule is Cc1nn(C)c(F)c1CNCc1ccccc1. The smallest absolute Gasteiger partial charge is 0.215 e. The van der Waals surface area contributed by atoms with Gasteiger partial charge in [0.1, 0.15) is 0 Å². The zero-order valence-corrected chi connectivity index (χ0v) is 10.1. The highest BCUT2D eigenvalue weighted by Gasteiger charge is 2.11. The Balaban J connectivity index is 1.95. The second kappa shape index (κ2) is 5.10. The minimum Gasteiger partial charge on any atom is -0.308 e. The Morgan fingerprint density at radius 1 is 1.24 bits per heavy atom. The number of aromatic nitrogens is 2. The molecule has 1 aromatic carbocycles. The molecule has 1 heterocycles. The van der Waals surface area contributed by atoms with Crippen LogP contribution in [-0.4, -0.2) is 9.78 Å². The molecule has 1 aromatic heterocycles. The van der Waals surface area contributed by atoms with Crippen molar-refractivity contribution in [3.63, 3.8) is 0 Å². The molecule has 0 atom stereocenters. The Bertz CT molecular complexity index is 491. The molecule has 3 nitrogen and oxygen atoms in total. The van der Waals surface area contributed by atoms with Crippen molar-refractivity contribution in [2.24, 2.45) is 7.05 Å². The van der Waals surface area contributed by atoms with Gasteiger partial charge in [-0.15, -0.1) is 0 Å². The molecule has 90 valence electrons. The Labute approximate surface area is 100 Å². The highest BCUT2D eigenvalue weighted by molar-refractivity contribution is 5.18. The van der Waals surface area contributed by atoms with Gasteiger partial charge in [0.2, 0.25) is 5.95 Å². The Hall–Kier alpha value is -1.68. The number of rotatable bonds is 4. The number of nitrogens with one attached hydrogen (secondary N) is 1. The minimum atomic E-state index is -0.261. The fourth-order valence-corrected chi connectivity index (χ4v) is 1.80. The molecule has 17 heavy (non-hydrogen) atoms. The van der Waals surface area contributed by atoms with Crippen molar-refractivity contribution < 1.29 is 4.39 Å². The quantitative estimate of drug-likeness (QED) is 0.877. The Morgan fingerprint density at radius 3 is 2.53 bits per heavy atom. The van der Waals surface area contributed by atoms with E-state index in [1.54, 1.807) is 7.05 Å². The molecular weight excluding hydrogens is 217 g/mol. The lowest BCUT2D eigenvalue weighted by atomic mass is 10.2. The average molecular weight is 233 g/mol. The summed E-state index contributed by atoms with van der Waals surface area (Å²) in [7, 11) is 1.61. The zero-order chi connectivity index (χ0) is 12.3. The standard InChI is InChI=1S/C13H16FN3/c1-10-12(13(14)17(2)16-10)9-15-8-11-6-4-3-5-7-11/h3-7,15H,8-9H2,1-2H3. The number of hydrogen-bond acceptors (Lipinski definition) is 2. The van der Waals surface area contributed by atoms with Gasteiger partial charge in [0.05, 0.1) is 5.69 Å². The van der Waals surface area contributed by atoms with Gasteiger partial charge in [0, 0.05) is 25.7 Å². The molecule has 2 aromatic rings. The summed E-state index contributed by atoms with van der Waals surface area (Å²) in [5.41, 5.74) is 2.57.